The van der Waals surface area contributed by atoms with Crippen LogP contribution in [0.2, 0.25) is 0 Å². The van der Waals surface area contributed by atoms with E-state index in [2.05, 4.69) is 14.7 Å². The molecule has 1 aromatic rings. The van der Waals surface area contributed by atoms with E-state index in [-0.39, 0.29) is 5.54 Å². The van der Waals surface area contributed by atoms with Gasteiger partial charge in [-0.05, 0) is 13.3 Å². The van der Waals surface area contributed by atoms with E-state index in [0.717, 1.165) is 17.4 Å². The third-order valence-electron chi connectivity index (χ3n) is 2.09. The van der Waals surface area contributed by atoms with E-state index < -0.39 is 0 Å². The second-order valence-corrected chi connectivity index (χ2v) is 4.46. The molecule has 0 fully saturated rings. The summed E-state index contributed by atoms with van der Waals surface area (Å²) < 4.78 is 4.09. The third-order valence-corrected chi connectivity index (χ3v) is 3.83. The highest BCUT2D eigenvalue weighted by Gasteiger charge is 2.27. The molecule has 1 heterocycles. The SMILES string of the molecule is CCC(CCl)(CCl)Nc1nc(C)ns1. The molecule has 0 aliphatic rings. The van der Waals surface area contributed by atoms with Crippen molar-refractivity contribution in [1.82, 2.24) is 9.36 Å². The van der Waals surface area contributed by atoms with Crippen LogP contribution in [0.4, 0.5) is 5.13 Å². The topological polar surface area (TPSA) is 37.8 Å². The number of aromatic nitrogens is 2. The van der Waals surface area contributed by atoms with Crippen molar-refractivity contribution in [2.24, 2.45) is 0 Å². The minimum absolute atomic E-state index is 0.269. The predicted molar refractivity (Wildman–Crippen MR) is 62.7 cm³/mol. The second-order valence-electron chi connectivity index (χ2n) is 3.17. The van der Waals surface area contributed by atoms with Crippen LogP contribution in [0.1, 0.15) is 19.2 Å². The van der Waals surface area contributed by atoms with Gasteiger partial charge in [-0.2, -0.15) is 4.37 Å². The molecule has 0 aromatic carbocycles. The third kappa shape index (κ3) is 2.72. The molecule has 0 aliphatic carbocycles. The van der Waals surface area contributed by atoms with Crippen LogP contribution in [0.15, 0.2) is 0 Å². The van der Waals surface area contributed by atoms with Crippen molar-refractivity contribution in [1.29, 1.82) is 0 Å². The zero-order valence-electron chi connectivity index (χ0n) is 8.18. The molecule has 3 nitrogen and oxygen atoms in total. The van der Waals surface area contributed by atoms with Gasteiger partial charge in [0.15, 0.2) is 0 Å². The smallest absolute Gasteiger partial charge is 0.203 e. The Balaban J connectivity index is 2.73. The normalized spacial score (nSPS) is 11.7. The number of hydrogen-bond acceptors (Lipinski definition) is 4. The molecular weight excluding hydrogens is 241 g/mol. The van der Waals surface area contributed by atoms with Gasteiger partial charge in [0.2, 0.25) is 5.13 Å². The second kappa shape index (κ2) is 5.14. The van der Waals surface area contributed by atoms with Gasteiger partial charge in [-0.3, -0.25) is 0 Å². The van der Waals surface area contributed by atoms with E-state index in [1.165, 1.54) is 11.5 Å². The van der Waals surface area contributed by atoms with Gasteiger partial charge < -0.3 is 5.32 Å². The molecule has 0 aliphatic heterocycles. The lowest BCUT2D eigenvalue weighted by molar-refractivity contribution is 0.560. The first-order chi connectivity index (χ1) is 6.65. The summed E-state index contributed by atoms with van der Waals surface area (Å²) in [6.45, 7) is 3.91. The van der Waals surface area contributed by atoms with Crippen molar-refractivity contribution in [3.05, 3.63) is 5.82 Å². The Morgan fingerprint density at radius 1 is 1.43 bits per heavy atom. The van der Waals surface area contributed by atoms with Crippen molar-refractivity contribution >= 4 is 39.9 Å². The number of alkyl halides is 2. The quantitative estimate of drug-likeness (QED) is 0.821. The molecule has 0 atom stereocenters. The summed E-state index contributed by atoms with van der Waals surface area (Å²) >= 11 is 13.1. The Hall–Kier alpha value is -0.0600. The lowest BCUT2D eigenvalue weighted by Crippen LogP contribution is -2.41. The molecular formula is C8H13Cl2N3S. The van der Waals surface area contributed by atoms with E-state index in [9.17, 15) is 0 Å². The van der Waals surface area contributed by atoms with Gasteiger partial charge in [-0.25, -0.2) is 4.98 Å². The maximum absolute atomic E-state index is 5.89. The van der Waals surface area contributed by atoms with Crippen molar-refractivity contribution in [3.8, 4) is 0 Å². The number of hydrogen-bond donors (Lipinski definition) is 1. The molecule has 0 saturated carbocycles. The highest BCUT2D eigenvalue weighted by molar-refractivity contribution is 7.09. The van der Waals surface area contributed by atoms with Crippen LogP contribution in [0.25, 0.3) is 0 Å². The summed E-state index contributed by atoms with van der Waals surface area (Å²) in [6, 6.07) is 0. The van der Waals surface area contributed by atoms with Gasteiger partial charge in [0.25, 0.3) is 0 Å². The van der Waals surface area contributed by atoms with Gasteiger partial charge in [0.1, 0.15) is 5.82 Å². The number of nitrogens with zero attached hydrogens (tertiary/aromatic N) is 2. The summed E-state index contributed by atoms with van der Waals surface area (Å²) in [5.41, 5.74) is -0.269. The minimum Gasteiger partial charge on any atom is -0.352 e. The summed E-state index contributed by atoms with van der Waals surface area (Å²) in [6.07, 6.45) is 0.860. The molecule has 0 bridgehead atoms. The molecule has 80 valence electrons. The molecule has 0 amide bonds. The van der Waals surface area contributed by atoms with Crippen LogP contribution >= 0.6 is 34.7 Å². The van der Waals surface area contributed by atoms with Crippen LogP contribution in [-0.2, 0) is 0 Å². The van der Waals surface area contributed by atoms with E-state index in [0.29, 0.717) is 11.8 Å². The fourth-order valence-corrected chi connectivity index (χ4v) is 2.45. The number of nitrogens with one attached hydrogen (secondary N) is 1. The monoisotopic (exact) mass is 253 g/mol. The average molecular weight is 254 g/mol. The van der Waals surface area contributed by atoms with Crippen molar-refractivity contribution in [2.75, 3.05) is 17.1 Å². The predicted octanol–water partition coefficient (Wildman–Crippen LogP) is 2.88. The summed E-state index contributed by atoms with van der Waals surface area (Å²) in [7, 11) is 0. The van der Waals surface area contributed by atoms with Gasteiger partial charge in [-0.15, -0.1) is 23.2 Å². The highest BCUT2D eigenvalue weighted by atomic mass is 35.5. The lowest BCUT2D eigenvalue weighted by atomic mass is 10.0. The van der Waals surface area contributed by atoms with E-state index in [1.54, 1.807) is 0 Å². The lowest BCUT2D eigenvalue weighted by Gasteiger charge is -2.28. The van der Waals surface area contributed by atoms with E-state index >= 15 is 0 Å². The first-order valence-electron chi connectivity index (χ1n) is 4.36. The van der Waals surface area contributed by atoms with Crippen LogP contribution in [0.5, 0.6) is 0 Å². The molecule has 14 heavy (non-hydrogen) atoms. The zero-order valence-corrected chi connectivity index (χ0v) is 10.5. The fourth-order valence-electron chi connectivity index (χ4n) is 0.955. The van der Waals surface area contributed by atoms with Gasteiger partial charge in [0, 0.05) is 23.3 Å². The number of anilines is 1. The summed E-state index contributed by atoms with van der Waals surface area (Å²) in [4.78, 5) is 4.22. The Kier molecular flexibility index (Phi) is 4.41. The first-order valence-corrected chi connectivity index (χ1v) is 6.20. The largest absolute Gasteiger partial charge is 0.352 e. The Bertz CT molecular complexity index is 278. The Labute approximate surface area is 98.0 Å². The maximum Gasteiger partial charge on any atom is 0.203 e. The molecule has 0 radical (unpaired) electrons. The molecule has 1 rings (SSSR count). The zero-order chi connectivity index (χ0) is 10.6. The van der Waals surface area contributed by atoms with Gasteiger partial charge >= 0.3 is 0 Å². The summed E-state index contributed by atoms with van der Waals surface area (Å²) in [5.74, 6) is 1.70. The summed E-state index contributed by atoms with van der Waals surface area (Å²) in [5, 5.41) is 4.03. The number of halogens is 2. The maximum atomic E-state index is 5.89. The van der Waals surface area contributed by atoms with Gasteiger partial charge in [-0.1, -0.05) is 6.92 Å². The molecule has 1 N–H and O–H groups in total. The van der Waals surface area contributed by atoms with Crippen molar-refractivity contribution in [3.63, 3.8) is 0 Å². The Morgan fingerprint density at radius 2 is 2.07 bits per heavy atom. The fraction of sp³-hybridized carbons (Fsp3) is 0.750. The Morgan fingerprint density at radius 3 is 2.43 bits per heavy atom. The minimum atomic E-state index is -0.269. The number of aryl methyl sites for hydroxylation is 1. The molecule has 0 spiro atoms. The van der Waals surface area contributed by atoms with Crippen molar-refractivity contribution < 1.29 is 0 Å². The average Bonchev–Trinajstić information content (AvgIpc) is 2.61. The van der Waals surface area contributed by atoms with Crippen LogP contribution in [-0.4, -0.2) is 26.7 Å². The first kappa shape index (κ1) is 12.0. The molecule has 0 unspecified atom stereocenters. The standard InChI is InChI=1S/C8H13Cl2N3S/c1-3-8(4-9,5-10)12-7-11-6(2)13-14-7/h3-5H2,1-2H3,(H,11,12,13). The molecule has 6 heteroatoms. The van der Waals surface area contributed by atoms with Crippen LogP contribution in [0.3, 0.4) is 0 Å². The van der Waals surface area contributed by atoms with Crippen molar-refractivity contribution in [2.45, 2.75) is 25.8 Å². The van der Waals surface area contributed by atoms with E-state index in [4.69, 9.17) is 23.2 Å². The highest BCUT2D eigenvalue weighted by Crippen LogP contribution is 2.23. The van der Waals surface area contributed by atoms with Gasteiger partial charge in [0.05, 0.1) is 5.54 Å². The van der Waals surface area contributed by atoms with E-state index in [1.807, 2.05) is 13.8 Å². The molecule has 0 saturated heterocycles. The number of rotatable bonds is 5. The molecule has 1 aromatic heterocycles. The van der Waals surface area contributed by atoms with Crippen LogP contribution in [0, 0.1) is 6.92 Å². The van der Waals surface area contributed by atoms with Crippen LogP contribution < -0.4 is 5.32 Å².